The summed E-state index contributed by atoms with van der Waals surface area (Å²) < 4.78 is 5.72. The number of rotatable bonds is 5. The Morgan fingerprint density at radius 3 is 2.43 bits per heavy atom. The number of Topliss-reactive ketones (excluding diaryl/α,β-unsaturated/α-hetero) is 2. The largest absolute Gasteiger partial charge is 0.489 e. The molecule has 0 heterocycles. The van der Waals surface area contributed by atoms with E-state index in [1.54, 1.807) is 24.3 Å². The SMILES string of the molecule is O=C1CCCC[C@@H]1C(=O)c1ccc(OCc2ccccc2)cc1. The fourth-order valence-corrected chi connectivity index (χ4v) is 2.92. The van der Waals surface area contributed by atoms with Gasteiger partial charge in [-0.25, -0.2) is 0 Å². The van der Waals surface area contributed by atoms with Gasteiger partial charge in [0.05, 0.1) is 5.92 Å². The summed E-state index contributed by atoms with van der Waals surface area (Å²) in [4.78, 5) is 24.3. The summed E-state index contributed by atoms with van der Waals surface area (Å²) in [5, 5.41) is 0. The second-order valence-electron chi connectivity index (χ2n) is 5.93. The third kappa shape index (κ3) is 3.86. The molecule has 0 aliphatic heterocycles. The van der Waals surface area contributed by atoms with Crippen molar-refractivity contribution in [2.24, 2.45) is 5.92 Å². The van der Waals surface area contributed by atoms with Gasteiger partial charge >= 0.3 is 0 Å². The predicted molar refractivity (Wildman–Crippen MR) is 88.5 cm³/mol. The van der Waals surface area contributed by atoms with Crippen molar-refractivity contribution in [2.75, 3.05) is 0 Å². The Labute approximate surface area is 136 Å². The molecule has 1 aliphatic rings. The predicted octanol–water partition coefficient (Wildman–Crippen LogP) is 4.21. The molecule has 2 aromatic rings. The molecule has 1 saturated carbocycles. The molecule has 2 aromatic carbocycles. The van der Waals surface area contributed by atoms with Crippen molar-refractivity contribution in [3.8, 4) is 5.75 Å². The van der Waals surface area contributed by atoms with E-state index in [0.717, 1.165) is 24.2 Å². The molecule has 0 bridgehead atoms. The lowest BCUT2D eigenvalue weighted by atomic mass is 9.83. The summed E-state index contributed by atoms with van der Waals surface area (Å²) in [6.07, 6.45) is 3.09. The molecule has 118 valence electrons. The van der Waals surface area contributed by atoms with Gasteiger partial charge in [0.1, 0.15) is 18.1 Å². The van der Waals surface area contributed by atoms with Crippen molar-refractivity contribution < 1.29 is 14.3 Å². The minimum Gasteiger partial charge on any atom is -0.489 e. The number of benzene rings is 2. The maximum absolute atomic E-state index is 12.4. The van der Waals surface area contributed by atoms with Crippen LogP contribution in [0.15, 0.2) is 54.6 Å². The first-order valence-corrected chi connectivity index (χ1v) is 8.08. The molecule has 3 heteroatoms. The van der Waals surface area contributed by atoms with Crippen molar-refractivity contribution in [1.82, 2.24) is 0 Å². The number of hydrogen-bond donors (Lipinski definition) is 0. The van der Waals surface area contributed by atoms with Gasteiger partial charge in [-0.3, -0.25) is 9.59 Å². The van der Waals surface area contributed by atoms with Gasteiger partial charge in [0.25, 0.3) is 0 Å². The van der Waals surface area contributed by atoms with Crippen LogP contribution in [0.1, 0.15) is 41.6 Å². The van der Waals surface area contributed by atoms with Gasteiger partial charge in [-0.2, -0.15) is 0 Å². The van der Waals surface area contributed by atoms with E-state index in [1.807, 2.05) is 30.3 Å². The molecular weight excluding hydrogens is 288 g/mol. The van der Waals surface area contributed by atoms with Crippen LogP contribution in [0.5, 0.6) is 5.75 Å². The highest BCUT2D eigenvalue weighted by Gasteiger charge is 2.29. The summed E-state index contributed by atoms with van der Waals surface area (Å²) in [6, 6.07) is 17.0. The van der Waals surface area contributed by atoms with Crippen LogP contribution in [0.3, 0.4) is 0 Å². The fraction of sp³-hybridized carbons (Fsp3) is 0.300. The number of ketones is 2. The lowest BCUT2D eigenvalue weighted by Crippen LogP contribution is -2.27. The van der Waals surface area contributed by atoms with Crippen molar-refractivity contribution in [3.05, 3.63) is 65.7 Å². The molecule has 0 aromatic heterocycles. The van der Waals surface area contributed by atoms with Crippen molar-refractivity contribution in [3.63, 3.8) is 0 Å². The Morgan fingerprint density at radius 1 is 1.00 bits per heavy atom. The second-order valence-corrected chi connectivity index (χ2v) is 5.93. The highest BCUT2D eigenvalue weighted by Crippen LogP contribution is 2.25. The van der Waals surface area contributed by atoms with E-state index >= 15 is 0 Å². The highest BCUT2D eigenvalue weighted by molar-refractivity contribution is 6.10. The van der Waals surface area contributed by atoms with Crippen LogP contribution in [0.4, 0.5) is 0 Å². The Bertz CT molecular complexity index is 674. The van der Waals surface area contributed by atoms with E-state index in [9.17, 15) is 9.59 Å². The first-order valence-electron chi connectivity index (χ1n) is 8.08. The molecule has 23 heavy (non-hydrogen) atoms. The molecule has 0 N–H and O–H groups in total. The Kier molecular flexibility index (Phi) is 4.86. The average Bonchev–Trinajstić information content (AvgIpc) is 2.61. The Balaban J connectivity index is 1.62. The third-order valence-electron chi connectivity index (χ3n) is 4.26. The van der Waals surface area contributed by atoms with Gasteiger partial charge in [-0.05, 0) is 42.7 Å². The number of carbonyl (C=O) groups excluding carboxylic acids is 2. The zero-order valence-electron chi connectivity index (χ0n) is 13.0. The summed E-state index contributed by atoms with van der Waals surface area (Å²) >= 11 is 0. The van der Waals surface area contributed by atoms with Crippen molar-refractivity contribution in [1.29, 1.82) is 0 Å². The lowest BCUT2D eigenvalue weighted by Gasteiger charge is -2.19. The average molecular weight is 308 g/mol. The number of carbonyl (C=O) groups is 2. The van der Waals surface area contributed by atoms with Crippen LogP contribution in [0.25, 0.3) is 0 Å². The Morgan fingerprint density at radius 2 is 1.74 bits per heavy atom. The van der Waals surface area contributed by atoms with Crippen LogP contribution >= 0.6 is 0 Å². The van der Waals surface area contributed by atoms with Crippen LogP contribution in [-0.2, 0) is 11.4 Å². The van der Waals surface area contributed by atoms with Crippen molar-refractivity contribution >= 4 is 11.6 Å². The normalized spacial score (nSPS) is 17.7. The quantitative estimate of drug-likeness (QED) is 0.614. The molecule has 1 fully saturated rings. The fourth-order valence-electron chi connectivity index (χ4n) is 2.92. The first-order chi connectivity index (χ1) is 11.2. The van der Waals surface area contributed by atoms with E-state index in [2.05, 4.69) is 0 Å². The summed E-state index contributed by atoms with van der Waals surface area (Å²) in [6.45, 7) is 0.495. The van der Waals surface area contributed by atoms with Gasteiger partial charge < -0.3 is 4.74 Å². The van der Waals surface area contributed by atoms with E-state index in [0.29, 0.717) is 25.0 Å². The van der Waals surface area contributed by atoms with Crippen molar-refractivity contribution in [2.45, 2.75) is 32.3 Å². The van der Waals surface area contributed by atoms with Crippen LogP contribution in [0, 0.1) is 5.92 Å². The topological polar surface area (TPSA) is 43.4 Å². The van der Waals surface area contributed by atoms with Crippen LogP contribution < -0.4 is 4.74 Å². The first kappa shape index (κ1) is 15.5. The minimum absolute atomic E-state index is 0.0516. The molecule has 3 nitrogen and oxygen atoms in total. The maximum Gasteiger partial charge on any atom is 0.173 e. The molecule has 0 amide bonds. The lowest BCUT2D eigenvalue weighted by molar-refractivity contribution is -0.122. The van der Waals surface area contributed by atoms with E-state index in [1.165, 1.54) is 0 Å². The number of hydrogen-bond acceptors (Lipinski definition) is 3. The van der Waals surface area contributed by atoms with E-state index < -0.39 is 5.92 Å². The molecule has 0 unspecified atom stereocenters. The van der Waals surface area contributed by atoms with Gasteiger partial charge in [-0.15, -0.1) is 0 Å². The summed E-state index contributed by atoms with van der Waals surface area (Å²) in [5.74, 6) is 0.315. The maximum atomic E-state index is 12.4. The van der Waals surface area contributed by atoms with Gasteiger partial charge in [-0.1, -0.05) is 36.8 Å². The molecule has 1 atom stereocenters. The second kappa shape index (κ2) is 7.23. The molecule has 0 saturated heterocycles. The highest BCUT2D eigenvalue weighted by atomic mass is 16.5. The molecular formula is C20H20O3. The molecule has 0 spiro atoms. The standard InChI is InChI=1S/C20H20O3/c21-19-9-5-4-8-18(19)20(22)16-10-12-17(13-11-16)23-14-15-6-2-1-3-7-15/h1-3,6-7,10-13,18H,4-5,8-9,14H2/t18-/m0/s1. The summed E-state index contributed by atoms with van der Waals surface area (Å²) in [7, 11) is 0. The molecule has 0 radical (unpaired) electrons. The Hall–Kier alpha value is -2.42. The molecule has 3 rings (SSSR count). The third-order valence-corrected chi connectivity index (χ3v) is 4.26. The van der Waals surface area contributed by atoms with Gasteiger partial charge in [0, 0.05) is 12.0 Å². The van der Waals surface area contributed by atoms with Crippen LogP contribution in [0.2, 0.25) is 0 Å². The van der Waals surface area contributed by atoms with E-state index in [4.69, 9.17) is 4.74 Å². The monoisotopic (exact) mass is 308 g/mol. The molecule has 1 aliphatic carbocycles. The smallest absolute Gasteiger partial charge is 0.173 e. The zero-order chi connectivity index (χ0) is 16.1. The van der Waals surface area contributed by atoms with Gasteiger partial charge in [0.15, 0.2) is 5.78 Å². The van der Waals surface area contributed by atoms with Crippen LogP contribution in [-0.4, -0.2) is 11.6 Å². The van der Waals surface area contributed by atoms with Gasteiger partial charge in [0.2, 0.25) is 0 Å². The van der Waals surface area contributed by atoms with E-state index in [-0.39, 0.29) is 11.6 Å². The summed E-state index contributed by atoms with van der Waals surface area (Å²) in [5.41, 5.74) is 1.69. The zero-order valence-corrected chi connectivity index (χ0v) is 13.0. The number of ether oxygens (including phenoxy) is 1. The minimum atomic E-state index is -0.445.